The van der Waals surface area contributed by atoms with E-state index >= 15 is 0 Å². The molecule has 1 rings (SSSR count). The van der Waals surface area contributed by atoms with E-state index in [1.54, 1.807) is 7.05 Å². The molecule has 0 saturated carbocycles. The molecule has 7 nitrogen and oxygen atoms in total. The fourth-order valence-corrected chi connectivity index (χ4v) is 1.73. The summed E-state index contributed by atoms with van der Waals surface area (Å²) >= 11 is 0. The van der Waals surface area contributed by atoms with Gasteiger partial charge in [-0.2, -0.15) is 0 Å². The number of likely N-dealkylation sites (N-methyl/N-ethyl adjacent to an activating group) is 2. The van der Waals surface area contributed by atoms with Crippen molar-refractivity contribution in [3.8, 4) is 5.88 Å². The number of halogens is 2. The van der Waals surface area contributed by atoms with Gasteiger partial charge in [0.2, 0.25) is 0 Å². The Morgan fingerprint density at radius 1 is 1.48 bits per heavy atom. The number of hydrogen-bond acceptors (Lipinski definition) is 6. The first-order valence-corrected chi connectivity index (χ1v) is 6.23. The lowest BCUT2D eigenvalue weighted by Gasteiger charge is -2.20. The van der Waals surface area contributed by atoms with Crippen molar-refractivity contribution in [1.82, 2.24) is 15.2 Å². The van der Waals surface area contributed by atoms with E-state index in [1.807, 2.05) is 19.0 Å². The van der Waals surface area contributed by atoms with E-state index in [1.165, 1.54) is 12.1 Å². The van der Waals surface area contributed by atoms with E-state index in [0.717, 1.165) is 0 Å². The molecule has 0 aliphatic heterocycles. The van der Waals surface area contributed by atoms with Crippen molar-refractivity contribution >= 4 is 5.69 Å². The van der Waals surface area contributed by atoms with Crippen LogP contribution >= 0.6 is 0 Å². The topological polar surface area (TPSA) is 80.5 Å². The molecule has 1 heterocycles. The van der Waals surface area contributed by atoms with Crippen LogP contribution in [0.5, 0.6) is 5.88 Å². The highest BCUT2D eigenvalue weighted by Gasteiger charge is 2.22. The Balaban J connectivity index is 3.06. The smallest absolute Gasteiger partial charge is 0.330 e. The summed E-state index contributed by atoms with van der Waals surface area (Å²) in [5.41, 5.74) is 0.0557. The monoisotopic (exact) mass is 304 g/mol. The molecule has 0 amide bonds. The standard InChI is InChI=1S/C12H18F2N4O3/c1-15-9(6-17(2)3)8-4-5-10(18(19)20)12(16-8)21-7-11(13)14/h4-5,9,11,15H,6-7H2,1-3H3. The van der Waals surface area contributed by atoms with Gasteiger partial charge in [0.15, 0.2) is 6.61 Å². The van der Waals surface area contributed by atoms with Crippen LogP contribution in [0.1, 0.15) is 11.7 Å². The molecule has 21 heavy (non-hydrogen) atoms. The van der Waals surface area contributed by atoms with Gasteiger partial charge in [-0.05, 0) is 27.2 Å². The number of pyridine rings is 1. The Bertz CT molecular complexity index is 486. The molecule has 1 unspecified atom stereocenters. The molecular weight excluding hydrogens is 286 g/mol. The van der Waals surface area contributed by atoms with E-state index in [2.05, 4.69) is 10.3 Å². The van der Waals surface area contributed by atoms with Gasteiger partial charge < -0.3 is 15.0 Å². The van der Waals surface area contributed by atoms with Gasteiger partial charge in [0.05, 0.1) is 16.7 Å². The summed E-state index contributed by atoms with van der Waals surface area (Å²) in [6.45, 7) is -0.342. The molecule has 0 spiro atoms. The third-order valence-electron chi connectivity index (χ3n) is 2.66. The largest absolute Gasteiger partial charge is 0.467 e. The van der Waals surface area contributed by atoms with Gasteiger partial charge in [-0.1, -0.05) is 0 Å². The molecule has 0 aliphatic rings. The lowest BCUT2D eigenvalue weighted by Crippen LogP contribution is -2.29. The maximum atomic E-state index is 12.2. The number of rotatable bonds is 8. The molecule has 0 saturated heterocycles. The summed E-state index contributed by atoms with van der Waals surface area (Å²) in [6, 6.07) is 2.50. The number of ether oxygens (including phenoxy) is 1. The minimum absolute atomic E-state index is 0.199. The maximum absolute atomic E-state index is 12.2. The van der Waals surface area contributed by atoms with Crippen LogP contribution in [-0.2, 0) is 0 Å². The average Bonchev–Trinajstić information content (AvgIpc) is 2.41. The van der Waals surface area contributed by atoms with Gasteiger partial charge >= 0.3 is 5.69 Å². The van der Waals surface area contributed by atoms with Gasteiger partial charge in [-0.3, -0.25) is 10.1 Å². The second kappa shape index (κ2) is 7.79. The first kappa shape index (κ1) is 17.2. The molecule has 1 N–H and O–H groups in total. The van der Waals surface area contributed by atoms with Crippen LogP contribution in [0.25, 0.3) is 0 Å². The molecule has 1 aromatic heterocycles. The highest BCUT2D eigenvalue weighted by Crippen LogP contribution is 2.27. The number of hydrogen-bond donors (Lipinski definition) is 1. The van der Waals surface area contributed by atoms with Gasteiger partial charge in [-0.25, -0.2) is 13.8 Å². The molecule has 0 aliphatic carbocycles. The van der Waals surface area contributed by atoms with Crippen LogP contribution in [0.4, 0.5) is 14.5 Å². The Labute approximate surface area is 121 Å². The van der Waals surface area contributed by atoms with Gasteiger partial charge in [0.25, 0.3) is 12.3 Å². The second-order valence-corrected chi connectivity index (χ2v) is 4.62. The first-order chi connectivity index (χ1) is 9.85. The predicted octanol–water partition coefficient (Wildman–Crippen LogP) is 1.46. The van der Waals surface area contributed by atoms with Crippen molar-refractivity contribution in [1.29, 1.82) is 0 Å². The number of nitrogens with zero attached hydrogens (tertiary/aromatic N) is 3. The summed E-state index contributed by atoms with van der Waals surface area (Å²) in [5, 5.41) is 13.9. The van der Waals surface area contributed by atoms with E-state index < -0.39 is 29.5 Å². The van der Waals surface area contributed by atoms with Crippen LogP contribution in [0, 0.1) is 10.1 Å². The van der Waals surface area contributed by atoms with Gasteiger partial charge in [-0.15, -0.1) is 0 Å². The number of alkyl halides is 2. The van der Waals surface area contributed by atoms with Crippen molar-refractivity contribution in [2.45, 2.75) is 12.5 Å². The second-order valence-electron chi connectivity index (χ2n) is 4.62. The summed E-state index contributed by atoms with van der Waals surface area (Å²) in [6.07, 6.45) is -2.73. The molecular formula is C12H18F2N4O3. The molecule has 0 aromatic carbocycles. The minimum atomic E-state index is -2.73. The van der Waals surface area contributed by atoms with Crippen LogP contribution in [0.15, 0.2) is 12.1 Å². The lowest BCUT2D eigenvalue weighted by molar-refractivity contribution is -0.386. The van der Waals surface area contributed by atoms with Crippen molar-refractivity contribution in [3.05, 3.63) is 27.9 Å². The lowest BCUT2D eigenvalue weighted by atomic mass is 10.1. The number of nitrogens with one attached hydrogen (secondary N) is 1. The van der Waals surface area contributed by atoms with Gasteiger partial charge in [0, 0.05) is 12.6 Å². The Morgan fingerprint density at radius 2 is 2.14 bits per heavy atom. The minimum Gasteiger partial charge on any atom is -0.467 e. The molecule has 1 aromatic rings. The van der Waals surface area contributed by atoms with Crippen molar-refractivity contribution in [2.75, 3.05) is 34.3 Å². The average molecular weight is 304 g/mol. The Hall–Kier alpha value is -1.87. The Morgan fingerprint density at radius 3 is 2.62 bits per heavy atom. The highest BCUT2D eigenvalue weighted by atomic mass is 19.3. The SMILES string of the molecule is CNC(CN(C)C)c1ccc([N+](=O)[O-])c(OCC(F)F)n1. The van der Waals surface area contributed by atoms with E-state index in [0.29, 0.717) is 12.2 Å². The quantitative estimate of drug-likeness (QED) is 0.578. The van der Waals surface area contributed by atoms with Crippen molar-refractivity contribution < 1.29 is 18.4 Å². The van der Waals surface area contributed by atoms with E-state index in [9.17, 15) is 18.9 Å². The molecule has 118 valence electrons. The van der Waals surface area contributed by atoms with E-state index in [-0.39, 0.29) is 6.04 Å². The third-order valence-corrected chi connectivity index (χ3v) is 2.66. The van der Waals surface area contributed by atoms with Crippen LogP contribution in [0.2, 0.25) is 0 Å². The van der Waals surface area contributed by atoms with Crippen LogP contribution in [0.3, 0.4) is 0 Å². The summed E-state index contributed by atoms with van der Waals surface area (Å²) < 4.78 is 29.2. The fraction of sp³-hybridized carbons (Fsp3) is 0.583. The zero-order valence-corrected chi connectivity index (χ0v) is 12.0. The first-order valence-electron chi connectivity index (χ1n) is 6.23. The highest BCUT2D eigenvalue weighted by molar-refractivity contribution is 5.42. The van der Waals surface area contributed by atoms with Gasteiger partial charge in [0.1, 0.15) is 0 Å². The summed E-state index contributed by atoms with van der Waals surface area (Å²) in [5.74, 6) is -0.392. The zero-order valence-electron chi connectivity index (χ0n) is 12.0. The fourth-order valence-electron chi connectivity index (χ4n) is 1.73. The van der Waals surface area contributed by atoms with Crippen molar-refractivity contribution in [2.24, 2.45) is 0 Å². The zero-order chi connectivity index (χ0) is 16.0. The normalized spacial score (nSPS) is 12.7. The van der Waals surface area contributed by atoms with Crippen LogP contribution in [-0.4, -0.2) is 55.5 Å². The summed E-state index contributed by atoms with van der Waals surface area (Å²) in [4.78, 5) is 16.1. The predicted molar refractivity (Wildman–Crippen MR) is 72.7 cm³/mol. The molecule has 9 heteroatoms. The molecule has 0 radical (unpaired) electrons. The van der Waals surface area contributed by atoms with E-state index in [4.69, 9.17) is 4.74 Å². The Kier molecular flexibility index (Phi) is 6.38. The molecule has 0 bridgehead atoms. The molecule has 1 atom stereocenters. The van der Waals surface area contributed by atoms with Crippen LogP contribution < -0.4 is 10.1 Å². The maximum Gasteiger partial charge on any atom is 0.330 e. The molecule has 0 fully saturated rings. The van der Waals surface area contributed by atoms with Crippen molar-refractivity contribution in [3.63, 3.8) is 0 Å². The summed E-state index contributed by atoms with van der Waals surface area (Å²) in [7, 11) is 5.45. The number of nitro groups is 1. The third kappa shape index (κ3) is 5.20. The number of aromatic nitrogens is 1.